The zero-order valence-corrected chi connectivity index (χ0v) is 17.3. The highest BCUT2D eigenvalue weighted by Crippen LogP contribution is 2.19. The number of carbonyl (C=O) groups is 1. The van der Waals surface area contributed by atoms with Gasteiger partial charge in [0, 0.05) is 25.0 Å². The van der Waals surface area contributed by atoms with E-state index < -0.39 is 5.91 Å². The maximum Gasteiger partial charge on any atom is 0.267 e. The highest BCUT2D eigenvalue weighted by molar-refractivity contribution is 6.06. The summed E-state index contributed by atoms with van der Waals surface area (Å²) in [5, 5.41) is 12.6. The summed E-state index contributed by atoms with van der Waals surface area (Å²) in [6.07, 6.45) is 1.65. The molecule has 0 fully saturated rings. The lowest BCUT2D eigenvalue weighted by molar-refractivity contribution is -0.112. The van der Waals surface area contributed by atoms with Gasteiger partial charge < -0.3 is 10.2 Å². The molecule has 0 spiro atoms. The lowest BCUT2D eigenvalue weighted by atomic mass is 10.1. The Balaban J connectivity index is 1.85. The molecule has 0 aliphatic rings. The number of rotatable bonds is 7. The monoisotopic (exact) mass is 395 g/mol. The van der Waals surface area contributed by atoms with Crippen LogP contribution in [-0.2, 0) is 17.9 Å². The van der Waals surface area contributed by atoms with Crippen LogP contribution in [0.3, 0.4) is 0 Å². The van der Waals surface area contributed by atoms with Crippen LogP contribution >= 0.6 is 0 Å². The van der Waals surface area contributed by atoms with Crippen molar-refractivity contribution in [1.29, 1.82) is 5.26 Å². The number of nitriles is 1. The summed E-state index contributed by atoms with van der Waals surface area (Å²) in [6.45, 7) is 5.14. The molecule has 0 saturated carbocycles. The van der Waals surface area contributed by atoms with Gasteiger partial charge in [0.25, 0.3) is 5.91 Å². The minimum Gasteiger partial charge on any atom is -0.367 e. The third kappa shape index (κ3) is 5.59. The van der Waals surface area contributed by atoms with Gasteiger partial charge in [-0.1, -0.05) is 72.8 Å². The number of hydrogen-bond acceptors (Lipinski definition) is 3. The van der Waals surface area contributed by atoms with Crippen molar-refractivity contribution in [2.45, 2.75) is 26.9 Å². The van der Waals surface area contributed by atoms with Gasteiger partial charge in [0.1, 0.15) is 11.6 Å². The first-order chi connectivity index (χ1) is 14.6. The first-order valence-corrected chi connectivity index (χ1v) is 9.88. The zero-order valence-electron chi connectivity index (χ0n) is 17.3. The second kappa shape index (κ2) is 10.1. The van der Waals surface area contributed by atoms with E-state index in [4.69, 9.17) is 0 Å². The van der Waals surface area contributed by atoms with Gasteiger partial charge in [0.05, 0.1) is 0 Å². The first-order valence-electron chi connectivity index (χ1n) is 9.88. The van der Waals surface area contributed by atoms with Crippen LogP contribution in [0, 0.1) is 25.2 Å². The third-order valence-electron chi connectivity index (χ3n) is 4.99. The Morgan fingerprint density at radius 1 is 0.900 bits per heavy atom. The number of amides is 1. The fourth-order valence-corrected chi connectivity index (χ4v) is 3.18. The summed E-state index contributed by atoms with van der Waals surface area (Å²) in [4.78, 5) is 14.8. The highest BCUT2D eigenvalue weighted by Gasteiger charge is 2.14. The van der Waals surface area contributed by atoms with Crippen LogP contribution < -0.4 is 5.32 Å². The standard InChI is InChI=1S/C26H25N3O/c1-20-10-9-15-25(21(20)2)28-26(30)24(16-27)19-29(17-22-11-5-3-6-12-22)18-23-13-7-4-8-14-23/h3-15,19H,17-18H2,1-2H3,(H,28,30)/b24-19-. The van der Waals surface area contributed by atoms with E-state index in [1.54, 1.807) is 6.20 Å². The molecule has 0 saturated heterocycles. The molecule has 0 aromatic heterocycles. The molecule has 4 heteroatoms. The molecule has 0 radical (unpaired) electrons. The van der Waals surface area contributed by atoms with Crippen molar-refractivity contribution in [3.05, 3.63) is 113 Å². The molecule has 30 heavy (non-hydrogen) atoms. The lowest BCUT2D eigenvalue weighted by Crippen LogP contribution is -2.21. The van der Waals surface area contributed by atoms with E-state index >= 15 is 0 Å². The number of nitrogens with one attached hydrogen (secondary N) is 1. The number of aryl methyl sites for hydroxylation is 1. The Morgan fingerprint density at radius 2 is 1.47 bits per heavy atom. The van der Waals surface area contributed by atoms with Gasteiger partial charge >= 0.3 is 0 Å². The van der Waals surface area contributed by atoms with Crippen LogP contribution in [0.15, 0.2) is 90.6 Å². The molecule has 0 aliphatic heterocycles. The Kier molecular flexibility index (Phi) is 7.02. The molecular weight excluding hydrogens is 370 g/mol. The summed E-state index contributed by atoms with van der Waals surface area (Å²) in [7, 11) is 0. The molecule has 3 rings (SSSR count). The Bertz CT molecular complexity index is 1020. The van der Waals surface area contributed by atoms with E-state index in [1.807, 2.05) is 97.6 Å². The number of nitrogens with zero attached hydrogens (tertiary/aromatic N) is 2. The molecule has 0 aliphatic carbocycles. The number of hydrogen-bond donors (Lipinski definition) is 1. The van der Waals surface area contributed by atoms with Gasteiger partial charge in [-0.05, 0) is 42.2 Å². The molecule has 0 bridgehead atoms. The van der Waals surface area contributed by atoms with Crippen molar-refractivity contribution in [3.8, 4) is 6.07 Å². The summed E-state index contributed by atoms with van der Waals surface area (Å²) in [6, 6.07) is 27.8. The van der Waals surface area contributed by atoms with Gasteiger partial charge in [-0.2, -0.15) is 5.26 Å². The Labute approximate surface area is 178 Å². The van der Waals surface area contributed by atoms with Crippen LogP contribution in [0.4, 0.5) is 5.69 Å². The van der Waals surface area contributed by atoms with Crippen LogP contribution in [0.5, 0.6) is 0 Å². The van der Waals surface area contributed by atoms with Gasteiger partial charge in [0.2, 0.25) is 0 Å². The number of anilines is 1. The van der Waals surface area contributed by atoms with Crippen molar-refractivity contribution < 1.29 is 4.79 Å². The van der Waals surface area contributed by atoms with E-state index in [0.29, 0.717) is 13.1 Å². The van der Waals surface area contributed by atoms with Crippen molar-refractivity contribution in [2.75, 3.05) is 5.32 Å². The van der Waals surface area contributed by atoms with E-state index in [-0.39, 0.29) is 5.57 Å². The van der Waals surface area contributed by atoms with Crippen LogP contribution in [0.2, 0.25) is 0 Å². The fraction of sp³-hybridized carbons (Fsp3) is 0.154. The second-order valence-corrected chi connectivity index (χ2v) is 7.23. The quantitative estimate of drug-likeness (QED) is 0.433. The van der Waals surface area contributed by atoms with E-state index in [0.717, 1.165) is 27.9 Å². The number of benzene rings is 3. The Hall–Kier alpha value is -3.84. The molecule has 1 amide bonds. The van der Waals surface area contributed by atoms with Gasteiger partial charge in [-0.15, -0.1) is 0 Å². The number of carbonyl (C=O) groups excluding carboxylic acids is 1. The predicted molar refractivity (Wildman–Crippen MR) is 120 cm³/mol. The minimum absolute atomic E-state index is 0.0720. The molecule has 1 N–H and O–H groups in total. The van der Waals surface area contributed by atoms with Crippen molar-refractivity contribution >= 4 is 11.6 Å². The van der Waals surface area contributed by atoms with Crippen LogP contribution in [-0.4, -0.2) is 10.8 Å². The molecule has 3 aromatic carbocycles. The largest absolute Gasteiger partial charge is 0.367 e. The first kappa shape index (κ1) is 20.9. The molecule has 3 aromatic rings. The van der Waals surface area contributed by atoms with E-state index in [2.05, 4.69) is 11.4 Å². The fourth-order valence-electron chi connectivity index (χ4n) is 3.18. The van der Waals surface area contributed by atoms with Gasteiger partial charge in [0.15, 0.2) is 0 Å². The molecule has 150 valence electrons. The van der Waals surface area contributed by atoms with Crippen LogP contribution in [0.25, 0.3) is 0 Å². The van der Waals surface area contributed by atoms with Crippen molar-refractivity contribution in [2.24, 2.45) is 0 Å². The normalized spacial score (nSPS) is 10.9. The van der Waals surface area contributed by atoms with Crippen molar-refractivity contribution in [3.63, 3.8) is 0 Å². The summed E-state index contributed by atoms with van der Waals surface area (Å²) < 4.78 is 0. The Morgan fingerprint density at radius 3 is 2.00 bits per heavy atom. The highest BCUT2D eigenvalue weighted by atomic mass is 16.1. The van der Waals surface area contributed by atoms with E-state index in [9.17, 15) is 10.1 Å². The molecule has 0 atom stereocenters. The lowest BCUT2D eigenvalue weighted by Gasteiger charge is -2.21. The maximum absolute atomic E-state index is 12.8. The smallest absolute Gasteiger partial charge is 0.267 e. The van der Waals surface area contributed by atoms with Crippen molar-refractivity contribution in [1.82, 2.24) is 4.90 Å². The average molecular weight is 396 g/mol. The van der Waals surface area contributed by atoms with Crippen LogP contribution in [0.1, 0.15) is 22.3 Å². The summed E-state index contributed by atoms with van der Waals surface area (Å²) in [5.41, 5.74) is 5.09. The average Bonchev–Trinajstić information content (AvgIpc) is 2.76. The topological polar surface area (TPSA) is 56.1 Å². The van der Waals surface area contributed by atoms with E-state index in [1.165, 1.54) is 0 Å². The SMILES string of the molecule is Cc1cccc(NC(=O)/C(C#N)=C\N(Cc2ccccc2)Cc2ccccc2)c1C. The van der Waals surface area contributed by atoms with Gasteiger partial charge in [-0.3, -0.25) is 4.79 Å². The van der Waals surface area contributed by atoms with Gasteiger partial charge in [-0.25, -0.2) is 0 Å². The molecule has 4 nitrogen and oxygen atoms in total. The molecule has 0 unspecified atom stereocenters. The molecule has 0 heterocycles. The molecular formula is C26H25N3O. The minimum atomic E-state index is -0.405. The maximum atomic E-state index is 12.8. The third-order valence-corrected chi connectivity index (χ3v) is 4.99. The second-order valence-electron chi connectivity index (χ2n) is 7.23. The predicted octanol–water partition coefficient (Wildman–Crippen LogP) is 5.35. The summed E-state index contributed by atoms with van der Waals surface area (Å²) in [5.74, 6) is -0.405. The zero-order chi connectivity index (χ0) is 21.3. The summed E-state index contributed by atoms with van der Waals surface area (Å²) >= 11 is 0.